The van der Waals surface area contributed by atoms with Gasteiger partial charge in [0.1, 0.15) is 11.5 Å². The van der Waals surface area contributed by atoms with Crippen molar-refractivity contribution >= 4 is 50.7 Å². The van der Waals surface area contributed by atoms with Gasteiger partial charge in [0.15, 0.2) is 0 Å². The number of thioether (sulfide) groups is 1. The van der Waals surface area contributed by atoms with Gasteiger partial charge in [-0.25, -0.2) is 8.42 Å². The molecule has 1 aliphatic rings. The molecule has 0 aliphatic carbocycles. The van der Waals surface area contributed by atoms with Gasteiger partial charge < -0.3 is 14.4 Å². The lowest BCUT2D eigenvalue weighted by Gasteiger charge is -2.28. The van der Waals surface area contributed by atoms with Crippen molar-refractivity contribution in [3.63, 3.8) is 0 Å². The smallest absolute Gasteiger partial charge is 0.262 e. The highest BCUT2D eigenvalue weighted by Crippen LogP contribution is 2.39. The Balaban J connectivity index is 1.96. The second kappa shape index (κ2) is 8.10. The molecular formula is C18H19ClN2O5S2. The van der Waals surface area contributed by atoms with Crippen molar-refractivity contribution < 1.29 is 22.7 Å². The molecule has 0 radical (unpaired) electrons. The highest BCUT2D eigenvalue weighted by Gasteiger charge is 2.24. The number of fused-ring (bicyclic) bond motifs is 1. The van der Waals surface area contributed by atoms with Crippen LogP contribution in [0.25, 0.3) is 0 Å². The van der Waals surface area contributed by atoms with E-state index in [2.05, 4.69) is 4.72 Å². The van der Waals surface area contributed by atoms with Gasteiger partial charge in [-0.15, -0.1) is 11.8 Å². The first kappa shape index (κ1) is 20.6. The molecule has 0 saturated heterocycles. The van der Waals surface area contributed by atoms with E-state index in [1.807, 2.05) is 0 Å². The summed E-state index contributed by atoms with van der Waals surface area (Å²) in [6.45, 7) is 2.09. The summed E-state index contributed by atoms with van der Waals surface area (Å²) in [6, 6.07) is 7.63. The van der Waals surface area contributed by atoms with Gasteiger partial charge in [0, 0.05) is 30.2 Å². The van der Waals surface area contributed by atoms with Crippen LogP contribution in [0.1, 0.15) is 6.92 Å². The molecule has 1 heterocycles. The zero-order valence-corrected chi connectivity index (χ0v) is 17.9. The van der Waals surface area contributed by atoms with E-state index in [0.717, 1.165) is 4.90 Å². The second-order valence-corrected chi connectivity index (χ2v) is 9.17. The van der Waals surface area contributed by atoms with E-state index in [1.165, 1.54) is 51.1 Å². The van der Waals surface area contributed by atoms with E-state index < -0.39 is 10.0 Å². The summed E-state index contributed by atoms with van der Waals surface area (Å²) in [4.78, 5) is 14.3. The molecule has 1 aliphatic heterocycles. The monoisotopic (exact) mass is 442 g/mol. The zero-order valence-electron chi connectivity index (χ0n) is 15.5. The third-order valence-electron chi connectivity index (χ3n) is 4.20. The molecular weight excluding hydrogens is 424 g/mol. The van der Waals surface area contributed by atoms with Crippen molar-refractivity contribution in [1.82, 2.24) is 0 Å². The Morgan fingerprint density at radius 1 is 1.18 bits per heavy atom. The fraction of sp³-hybridized carbons (Fsp3) is 0.278. The number of carbonyl (C=O) groups is 1. The molecule has 0 unspecified atom stereocenters. The molecule has 0 fully saturated rings. The molecule has 3 rings (SSSR count). The maximum atomic E-state index is 12.9. The maximum absolute atomic E-state index is 12.9. The Morgan fingerprint density at radius 3 is 2.54 bits per heavy atom. The van der Waals surface area contributed by atoms with Gasteiger partial charge in [-0.05, 0) is 24.3 Å². The van der Waals surface area contributed by atoms with Crippen molar-refractivity contribution in [3.05, 3.63) is 35.4 Å². The quantitative estimate of drug-likeness (QED) is 0.761. The van der Waals surface area contributed by atoms with Crippen LogP contribution < -0.4 is 19.1 Å². The number of methoxy groups -OCH3 is 2. The Hall–Kier alpha value is -2.10. The third kappa shape index (κ3) is 4.01. The van der Waals surface area contributed by atoms with Gasteiger partial charge in [-0.3, -0.25) is 9.52 Å². The Bertz CT molecular complexity index is 1030. The number of sulfonamides is 1. The van der Waals surface area contributed by atoms with Crippen molar-refractivity contribution in [1.29, 1.82) is 0 Å². The molecule has 1 amide bonds. The van der Waals surface area contributed by atoms with E-state index >= 15 is 0 Å². The molecule has 0 saturated carbocycles. The Labute approximate surface area is 173 Å². The molecule has 150 valence electrons. The van der Waals surface area contributed by atoms with Crippen LogP contribution in [0.15, 0.2) is 40.1 Å². The number of amides is 1. The predicted molar refractivity (Wildman–Crippen MR) is 111 cm³/mol. The summed E-state index contributed by atoms with van der Waals surface area (Å²) in [5.74, 6) is 1.27. The first-order valence-electron chi connectivity index (χ1n) is 8.26. The molecule has 28 heavy (non-hydrogen) atoms. The van der Waals surface area contributed by atoms with Crippen LogP contribution in [0.4, 0.5) is 11.4 Å². The molecule has 2 aromatic carbocycles. The lowest BCUT2D eigenvalue weighted by atomic mass is 10.2. The largest absolute Gasteiger partial charge is 0.495 e. The summed E-state index contributed by atoms with van der Waals surface area (Å²) >= 11 is 7.63. The Kier molecular flexibility index (Phi) is 5.97. The van der Waals surface area contributed by atoms with Gasteiger partial charge in [-0.1, -0.05) is 11.6 Å². The molecule has 2 aromatic rings. The average Bonchev–Trinajstić information content (AvgIpc) is 2.66. The SMILES string of the molecule is COc1cc(OC)c(NS(=O)(=O)c2ccc3c(c2)SCCN3C(C)=O)cc1Cl. The van der Waals surface area contributed by atoms with E-state index in [1.54, 1.807) is 17.0 Å². The summed E-state index contributed by atoms with van der Waals surface area (Å²) in [7, 11) is -1.02. The minimum atomic E-state index is -3.90. The molecule has 1 N–H and O–H groups in total. The maximum Gasteiger partial charge on any atom is 0.262 e. The number of hydrogen-bond donors (Lipinski definition) is 1. The number of ether oxygens (including phenoxy) is 2. The first-order valence-corrected chi connectivity index (χ1v) is 11.1. The van der Waals surface area contributed by atoms with Crippen LogP contribution in [-0.2, 0) is 14.8 Å². The normalized spacial score (nSPS) is 13.6. The van der Waals surface area contributed by atoms with E-state index in [9.17, 15) is 13.2 Å². The van der Waals surface area contributed by atoms with Gasteiger partial charge >= 0.3 is 0 Å². The molecule has 10 heteroatoms. The van der Waals surface area contributed by atoms with Crippen LogP contribution in [0.5, 0.6) is 11.5 Å². The lowest BCUT2D eigenvalue weighted by molar-refractivity contribution is -0.116. The highest BCUT2D eigenvalue weighted by atomic mass is 35.5. The fourth-order valence-corrected chi connectivity index (χ4v) is 5.27. The average molecular weight is 443 g/mol. The molecule has 0 bridgehead atoms. The van der Waals surface area contributed by atoms with Gasteiger partial charge in [0.05, 0.1) is 35.5 Å². The van der Waals surface area contributed by atoms with Crippen LogP contribution in [0.2, 0.25) is 5.02 Å². The minimum absolute atomic E-state index is 0.0760. The molecule has 0 atom stereocenters. The summed E-state index contributed by atoms with van der Waals surface area (Å²) in [5.41, 5.74) is 0.914. The highest BCUT2D eigenvalue weighted by molar-refractivity contribution is 7.99. The number of nitrogens with zero attached hydrogens (tertiary/aromatic N) is 1. The standard InChI is InChI=1S/C18H19ClN2O5S2/c1-11(22)21-6-7-27-18-8-12(4-5-15(18)21)28(23,24)20-14-9-13(19)16(25-2)10-17(14)26-3/h4-5,8-10,20H,6-7H2,1-3H3. The van der Waals surface area contributed by atoms with E-state index in [-0.39, 0.29) is 27.3 Å². The number of rotatable bonds is 5. The number of benzene rings is 2. The molecule has 7 nitrogen and oxygen atoms in total. The van der Waals surface area contributed by atoms with E-state index in [0.29, 0.717) is 23.7 Å². The summed E-state index contributed by atoms with van der Waals surface area (Å²) < 4.78 is 38.7. The molecule has 0 spiro atoms. The van der Waals surface area contributed by atoms with Crippen molar-refractivity contribution in [3.8, 4) is 11.5 Å². The topological polar surface area (TPSA) is 84.9 Å². The molecule has 0 aromatic heterocycles. The minimum Gasteiger partial charge on any atom is -0.495 e. The fourth-order valence-electron chi connectivity index (χ4n) is 2.84. The van der Waals surface area contributed by atoms with Crippen molar-refractivity contribution in [2.75, 3.05) is 36.1 Å². The predicted octanol–water partition coefficient (Wildman–Crippen LogP) is 3.62. The number of nitrogens with one attached hydrogen (secondary N) is 1. The second-order valence-electron chi connectivity index (χ2n) is 5.94. The first-order chi connectivity index (χ1) is 13.3. The number of anilines is 2. The van der Waals surface area contributed by atoms with Gasteiger partial charge in [0.2, 0.25) is 5.91 Å². The van der Waals surface area contributed by atoms with Crippen LogP contribution >= 0.6 is 23.4 Å². The Morgan fingerprint density at radius 2 is 1.89 bits per heavy atom. The van der Waals surface area contributed by atoms with Crippen molar-refractivity contribution in [2.24, 2.45) is 0 Å². The number of halogens is 1. The lowest BCUT2D eigenvalue weighted by Crippen LogP contribution is -2.33. The van der Waals surface area contributed by atoms with Crippen LogP contribution in [0.3, 0.4) is 0 Å². The van der Waals surface area contributed by atoms with Crippen LogP contribution in [-0.4, -0.2) is 40.8 Å². The van der Waals surface area contributed by atoms with E-state index in [4.69, 9.17) is 21.1 Å². The number of carbonyl (C=O) groups excluding carboxylic acids is 1. The van der Waals surface area contributed by atoms with Gasteiger partial charge in [-0.2, -0.15) is 0 Å². The summed E-state index contributed by atoms with van der Waals surface area (Å²) in [5, 5.41) is 0.249. The van der Waals surface area contributed by atoms with Crippen molar-refractivity contribution in [2.45, 2.75) is 16.7 Å². The summed E-state index contributed by atoms with van der Waals surface area (Å²) in [6.07, 6.45) is 0. The third-order valence-corrected chi connectivity index (χ3v) is 6.89. The number of hydrogen-bond acceptors (Lipinski definition) is 6. The van der Waals surface area contributed by atoms with Crippen LogP contribution in [0, 0.1) is 0 Å². The van der Waals surface area contributed by atoms with Gasteiger partial charge in [0.25, 0.3) is 10.0 Å². The zero-order chi connectivity index (χ0) is 20.5.